The summed E-state index contributed by atoms with van der Waals surface area (Å²) in [5.74, 6) is -5.61. The van der Waals surface area contributed by atoms with Crippen molar-refractivity contribution < 1.29 is 163 Å². The topological polar surface area (TPSA) is 176 Å². The van der Waals surface area contributed by atoms with Crippen LogP contribution in [-0.2, 0) is 23.9 Å². The third-order valence-corrected chi connectivity index (χ3v) is 2.98. The zero-order chi connectivity index (χ0) is 19.2. The number of ether oxygens (including phenoxy) is 1. The van der Waals surface area contributed by atoms with Gasteiger partial charge in [-0.2, -0.15) is 0 Å². The molecule has 0 rings (SSSR count). The molecular formula is C14H20N2Na4O9. The molecule has 0 spiro atoms. The Kier molecular flexibility index (Phi) is 36.8. The van der Waals surface area contributed by atoms with Crippen LogP contribution in [0.4, 0.5) is 0 Å². The summed E-state index contributed by atoms with van der Waals surface area (Å²) in [4.78, 5) is 44.2. The largest absolute Gasteiger partial charge is 1.00 e. The van der Waals surface area contributed by atoms with Crippen molar-refractivity contribution in [3.8, 4) is 0 Å². The minimum Gasteiger partial charge on any atom is -0.549 e. The number of aliphatic carboxylic acids is 4. The summed E-state index contributed by atoms with van der Waals surface area (Å²) < 4.78 is 5.23. The molecule has 0 radical (unpaired) electrons. The van der Waals surface area contributed by atoms with Crippen molar-refractivity contribution in [3.63, 3.8) is 0 Å². The molecule has 0 aromatic carbocycles. The second-order valence-corrected chi connectivity index (χ2v) is 5.23. The fourth-order valence-corrected chi connectivity index (χ4v) is 1.99. The molecule has 0 N–H and O–H groups in total. The van der Waals surface area contributed by atoms with Crippen LogP contribution in [0.5, 0.6) is 0 Å². The van der Waals surface area contributed by atoms with E-state index in [1.807, 2.05) is 0 Å². The van der Waals surface area contributed by atoms with E-state index in [0.29, 0.717) is 12.8 Å². The molecule has 0 aliphatic rings. The third-order valence-electron chi connectivity index (χ3n) is 2.98. The molecule has 0 heterocycles. The Hall–Kier alpha value is 1.76. The SMILES string of the molecule is O=C([O-])CN(CCCCOCCN(CC(=O)[O-])CC(=O)[O-])CC(=O)[O-].[Na+].[Na+].[Na+].[Na+]. The second kappa shape index (κ2) is 26.0. The predicted molar refractivity (Wildman–Crippen MR) is 73.0 cm³/mol. The smallest absolute Gasteiger partial charge is 0.549 e. The molecule has 0 aromatic rings. The third kappa shape index (κ3) is 29.8. The van der Waals surface area contributed by atoms with Gasteiger partial charge in [-0.25, -0.2) is 0 Å². The Labute approximate surface area is 258 Å². The van der Waals surface area contributed by atoms with Crippen LogP contribution >= 0.6 is 0 Å². The number of carbonyl (C=O) groups excluding carboxylic acids is 4. The minimum atomic E-state index is -1.41. The van der Waals surface area contributed by atoms with Crippen molar-refractivity contribution in [1.29, 1.82) is 0 Å². The number of hydrogen-bond acceptors (Lipinski definition) is 11. The maximum absolute atomic E-state index is 10.5. The van der Waals surface area contributed by atoms with Gasteiger partial charge in [0.2, 0.25) is 0 Å². The summed E-state index contributed by atoms with van der Waals surface area (Å²) in [6.07, 6.45) is 0.958. The van der Waals surface area contributed by atoms with Gasteiger partial charge in [0.25, 0.3) is 0 Å². The zero-order valence-electron chi connectivity index (χ0n) is 17.6. The van der Waals surface area contributed by atoms with Crippen molar-refractivity contribution in [2.45, 2.75) is 12.8 Å². The first-order valence-corrected chi connectivity index (χ1v) is 7.52. The van der Waals surface area contributed by atoms with E-state index in [0.717, 1.165) is 9.80 Å². The summed E-state index contributed by atoms with van der Waals surface area (Å²) >= 11 is 0. The Morgan fingerprint density at radius 2 is 0.897 bits per heavy atom. The van der Waals surface area contributed by atoms with Crippen LogP contribution in [0, 0.1) is 0 Å². The van der Waals surface area contributed by atoms with Crippen LogP contribution in [0.2, 0.25) is 0 Å². The maximum atomic E-state index is 10.5. The Balaban J connectivity index is -0.000000480. The van der Waals surface area contributed by atoms with Gasteiger partial charge in [0.05, 0.1) is 30.5 Å². The van der Waals surface area contributed by atoms with Crippen molar-refractivity contribution in [1.82, 2.24) is 9.80 Å². The quantitative estimate of drug-likeness (QED) is 0.160. The molecule has 15 heteroatoms. The molecule has 0 aliphatic carbocycles. The fraction of sp³-hybridized carbons (Fsp3) is 0.714. The van der Waals surface area contributed by atoms with Gasteiger partial charge in [-0.15, -0.1) is 0 Å². The Morgan fingerprint density at radius 1 is 0.552 bits per heavy atom. The van der Waals surface area contributed by atoms with Crippen LogP contribution in [0.15, 0.2) is 0 Å². The van der Waals surface area contributed by atoms with Crippen molar-refractivity contribution in [3.05, 3.63) is 0 Å². The van der Waals surface area contributed by atoms with Gasteiger partial charge in [-0.05, 0) is 19.4 Å². The van der Waals surface area contributed by atoms with E-state index in [4.69, 9.17) is 4.74 Å². The standard InChI is InChI=1S/C14H24N2O9.4Na/c17-11(18)7-15(8-12(19)20)3-1-2-5-25-6-4-16(9-13(21)22)10-14(23)24;;;;/h1-10H2,(H,17,18)(H,19,20)(H,21,22)(H,23,24);;;;/q;4*+1/p-4. The first kappa shape index (κ1) is 41.1. The van der Waals surface area contributed by atoms with Crippen LogP contribution in [0.1, 0.15) is 12.8 Å². The van der Waals surface area contributed by atoms with Gasteiger partial charge in [-0.1, -0.05) is 0 Å². The van der Waals surface area contributed by atoms with E-state index in [1.165, 1.54) is 0 Å². The molecule has 0 bridgehead atoms. The van der Waals surface area contributed by atoms with E-state index >= 15 is 0 Å². The number of carboxylic acids is 4. The molecule has 0 amide bonds. The molecule has 0 unspecified atom stereocenters. The maximum Gasteiger partial charge on any atom is 1.00 e. The number of carbonyl (C=O) groups is 4. The summed E-state index contributed by atoms with van der Waals surface area (Å²) in [6, 6.07) is 0. The average Bonchev–Trinajstić information content (AvgIpc) is 2.43. The van der Waals surface area contributed by atoms with Crippen molar-refractivity contribution in [2.24, 2.45) is 0 Å². The van der Waals surface area contributed by atoms with Gasteiger partial charge >= 0.3 is 118 Å². The van der Waals surface area contributed by atoms with E-state index in [2.05, 4.69) is 0 Å². The number of carboxylic acid groups (broad SMARTS) is 4. The normalized spacial score (nSPS) is 9.45. The van der Waals surface area contributed by atoms with Gasteiger partial charge in [-0.3, -0.25) is 9.80 Å². The van der Waals surface area contributed by atoms with Crippen molar-refractivity contribution >= 4 is 23.9 Å². The Morgan fingerprint density at radius 3 is 1.24 bits per heavy atom. The molecule has 144 valence electrons. The van der Waals surface area contributed by atoms with Crippen LogP contribution in [0.3, 0.4) is 0 Å². The molecule has 0 atom stereocenters. The molecule has 0 saturated carbocycles. The Bertz CT molecular complexity index is 400. The van der Waals surface area contributed by atoms with Gasteiger partial charge in [0.1, 0.15) is 0 Å². The molecule has 0 saturated heterocycles. The fourth-order valence-electron chi connectivity index (χ4n) is 1.99. The van der Waals surface area contributed by atoms with E-state index < -0.39 is 50.1 Å². The molecular weight excluding hydrogens is 432 g/mol. The first-order valence-electron chi connectivity index (χ1n) is 7.52. The summed E-state index contributed by atoms with van der Waals surface area (Å²) in [5.41, 5.74) is 0. The average molecular weight is 452 g/mol. The molecule has 0 aliphatic heterocycles. The van der Waals surface area contributed by atoms with Crippen LogP contribution in [0.25, 0.3) is 0 Å². The molecule has 0 aromatic heterocycles. The molecule has 11 nitrogen and oxygen atoms in total. The predicted octanol–water partition coefficient (Wildman–Crippen LogP) is -18.6. The monoisotopic (exact) mass is 452 g/mol. The number of nitrogens with zero attached hydrogens (tertiary/aromatic N) is 2. The van der Waals surface area contributed by atoms with Crippen LogP contribution in [-0.4, -0.2) is 86.2 Å². The second-order valence-electron chi connectivity index (χ2n) is 5.23. The van der Waals surface area contributed by atoms with E-state index in [-0.39, 0.29) is 145 Å². The summed E-state index contributed by atoms with van der Waals surface area (Å²) in [6.45, 7) is -1.54. The van der Waals surface area contributed by atoms with Gasteiger partial charge in [0, 0.05) is 39.3 Å². The number of unbranched alkanes of at least 4 members (excludes halogenated alkanes) is 1. The summed E-state index contributed by atoms with van der Waals surface area (Å²) in [7, 11) is 0. The molecule has 0 fully saturated rings. The molecule has 29 heavy (non-hydrogen) atoms. The zero-order valence-corrected chi connectivity index (χ0v) is 25.6. The van der Waals surface area contributed by atoms with E-state index in [9.17, 15) is 39.6 Å². The number of rotatable bonds is 16. The number of hydrogen-bond donors (Lipinski definition) is 0. The van der Waals surface area contributed by atoms with Gasteiger partial charge < -0.3 is 44.3 Å². The van der Waals surface area contributed by atoms with Gasteiger partial charge in [0.15, 0.2) is 0 Å². The summed E-state index contributed by atoms with van der Waals surface area (Å²) in [5, 5.41) is 41.9. The first-order chi connectivity index (χ1) is 11.7. The van der Waals surface area contributed by atoms with Crippen LogP contribution < -0.4 is 139 Å². The minimum absolute atomic E-state index is 0. The van der Waals surface area contributed by atoms with Crippen molar-refractivity contribution in [2.75, 3.05) is 52.5 Å². The van der Waals surface area contributed by atoms with E-state index in [1.54, 1.807) is 0 Å².